The maximum atomic E-state index is 13.6. The van der Waals surface area contributed by atoms with Crippen molar-refractivity contribution in [3.8, 4) is 0 Å². The molecule has 25 heavy (non-hydrogen) atoms. The van der Waals surface area contributed by atoms with E-state index in [9.17, 15) is 32.2 Å². The molecule has 0 aliphatic carbocycles. The summed E-state index contributed by atoms with van der Waals surface area (Å²) in [5, 5.41) is 22.3. The summed E-state index contributed by atoms with van der Waals surface area (Å²) in [5.74, 6) is -1.47. The molecule has 2 unspecified atom stereocenters. The van der Waals surface area contributed by atoms with E-state index < -0.39 is 36.4 Å². The van der Waals surface area contributed by atoms with Crippen LogP contribution in [0.2, 0.25) is 0 Å². The fourth-order valence-corrected chi connectivity index (χ4v) is 2.29. The summed E-state index contributed by atoms with van der Waals surface area (Å²) in [4.78, 5) is 0. The molecule has 3 N–H and O–H groups in total. The lowest BCUT2D eigenvalue weighted by atomic mass is 10.1. The first kappa shape index (κ1) is 19.1. The van der Waals surface area contributed by atoms with Crippen molar-refractivity contribution < 1.29 is 32.2 Å². The number of benzene rings is 2. The SMILES string of the molecule is OC(CC(F)(F)F)c1cccc(NCC(O)c2cc(F)ccc2F)c1. The van der Waals surface area contributed by atoms with Crippen LogP contribution in [0.5, 0.6) is 0 Å². The molecule has 2 aromatic rings. The fraction of sp³-hybridized carbons (Fsp3) is 0.294. The number of alkyl halides is 3. The predicted octanol–water partition coefficient (Wildman–Crippen LogP) is 4.10. The molecule has 0 amide bonds. The van der Waals surface area contributed by atoms with Crippen LogP contribution >= 0.6 is 0 Å². The Labute approximate surface area is 140 Å². The number of halogens is 5. The van der Waals surface area contributed by atoms with Crippen molar-refractivity contribution in [3.63, 3.8) is 0 Å². The van der Waals surface area contributed by atoms with Crippen LogP contribution in [0.15, 0.2) is 42.5 Å². The van der Waals surface area contributed by atoms with Gasteiger partial charge in [0.2, 0.25) is 0 Å². The highest BCUT2D eigenvalue weighted by molar-refractivity contribution is 5.46. The van der Waals surface area contributed by atoms with Crippen molar-refractivity contribution in [2.75, 3.05) is 11.9 Å². The average Bonchev–Trinajstić information content (AvgIpc) is 2.53. The number of rotatable bonds is 6. The van der Waals surface area contributed by atoms with Crippen molar-refractivity contribution >= 4 is 5.69 Å². The molecular formula is C17H16F5NO2. The van der Waals surface area contributed by atoms with Gasteiger partial charge in [-0.15, -0.1) is 0 Å². The maximum absolute atomic E-state index is 13.6. The average molecular weight is 361 g/mol. The van der Waals surface area contributed by atoms with E-state index in [0.29, 0.717) is 5.69 Å². The fourth-order valence-electron chi connectivity index (χ4n) is 2.29. The Kier molecular flexibility index (Phi) is 5.97. The van der Waals surface area contributed by atoms with Crippen LogP contribution in [0, 0.1) is 11.6 Å². The van der Waals surface area contributed by atoms with Crippen LogP contribution < -0.4 is 5.32 Å². The van der Waals surface area contributed by atoms with Crippen LogP contribution in [0.4, 0.5) is 27.6 Å². The summed E-state index contributed by atoms with van der Waals surface area (Å²) in [7, 11) is 0. The van der Waals surface area contributed by atoms with Crippen molar-refractivity contribution in [3.05, 3.63) is 65.2 Å². The smallest absolute Gasteiger partial charge is 0.388 e. The van der Waals surface area contributed by atoms with E-state index in [-0.39, 0.29) is 17.7 Å². The summed E-state index contributed by atoms with van der Waals surface area (Å²) < 4.78 is 63.7. The number of hydrogen-bond acceptors (Lipinski definition) is 3. The van der Waals surface area contributed by atoms with Gasteiger partial charge in [0, 0.05) is 17.8 Å². The lowest BCUT2D eigenvalue weighted by Gasteiger charge is -2.17. The van der Waals surface area contributed by atoms with Crippen LogP contribution in [0.1, 0.15) is 29.8 Å². The number of anilines is 1. The van der Waals surface area contributed by atoms with Gasteiger partial charge in [0.15, 0.2) is 0 Å². The quantitative estimate of drug-likeness (QED) is 0.679. The lowest BCUT2D eigenvalue weighted by Crippen LogP contribution is -2.15. The van der Waals surface area contributed by atoms with Crippen LogP contribution in [0.3, 0.4) is 0 Å². The Morgan fingerprint density at radius 3 is 2.36 bits per heavy atom. The second-order valence-corrected chi connectivity index (χ2v) is 5.52. The maximum Gasteiger partial charge on any atom is 0.391 e. The standard InChI is InChI=1S/C17H16F5NO2/c18-11-4-5-14(19)13(7-11)16(25)9-23-12-3-1-2-10(6-12)15(24)8-17(20,21)22/h1-7,15-16,23-25H,8-9H2. The first-order chi connectivity index (χ1) is 11.7. The van der Waals surface area contributed by atoms with Crippen molar-refractivity contribution in [1.82, 2.24) is 0 Å². The summed E-state index contributed by atoms with van der Waals surface area (Å²) in [6.07, 6.45) is -8.96. The van der Waals surface area contributed by atoms with Gasteiger partial charge in [-0.1, -0.05) is 12.1 Å². The molecule has 2 aromatic carbocycles. The second kappa shape index (κ2) is 7.79. The molecule has 3 nitrogen and oxygen atoms in total. The molecule has 0 saturated heterocycles. The van der Waals surface area contributed by atoms with Gasteiger partial charge in [0.1, 0.15) is 11.6 Å². The van der Waals surface area contributed by atoms with E-state index in [2.05, 4.69) is 5.32 Å². The Morgan fingerprint density at radius 2 is 1.68 bits per heavy atom. The molecule has 0 bridgehead atoms. The monoisotopic (exact) mass is 361 g/mol. The van der Waals surface area contributed by atoms with E-state index in [1.54, 1.807) is 0 Å². The summed E-state index contributed by atoms with van der Waals surface area (Å²) >= 11 is 0. The number of nitrogens with one attached hydrogen (secondary N) is 1. The molecule has 0 fully saturated rings. The minimum atomic E-state index is -4.51. The van der Waals surface area contributed by atoms with E-state index in [0.717, 1.165) is 18.2 Å². The van der Waals surface area contributed by atoms with E-state index in [1.807, 2.05) is 0 Å². The molecule has 0 aromatic heterocycles. The number of aliphatic hydroxyl groups is 2. The predicted molar refractivity (Wildman–Crippen MR) is 81.9 cm³/mol. The molecule has 2 rings (SSSR count). The Morgan fingerprint density at radius 1 is 0.960 bits per heavy atom. The molecule has 0 saturated carbocycles. The number of aliphatic hydroxyl groups excluding tert-OH is 2. The van der Waals surface area contributed by atoms with Crippen molar-refractivity contribution in [1.29, 1.82) is 0 Å². The zero-order valence-corrected chi connectivity index (χ0v) is 12.9. The third-order valence-corrected chi connectivity index (χ3v) is 3.51. The molecule has 0 aliphatic rings. The van der Waals surface area contributed by atoms with Gasteiger partial charge >= 0.3 is 6.18 Å². The topological polar surface area (TPSA) is 52.5 Å². The molecule has 0 radical (unpaired) electrons. The van der Waals surface area contributed by atoms with E-state index >= 15 is 0 Å². The van der Waals surface area contributed by atoms with Gasteiger partial charge in [-0.2, -0.15) is 13.2 Å². The highest BCUT2D eigenvalue weighted by Crippen LogP contribution is 2.30. The molecule has 0 heterocycles. The largest absolute Gasteiger partial charge is 0.391 e. The van der Waals surface area contributed by atoms with Gasteiger partial charge in [0.05, 0.1) is 18.6 Å². The lowest BCUT2D eigenvalue weighted by molar-refractivity contribution is -0.154. The van der Waals surface area contributed by atoms with Crippen LogP contribution in [-0.4, -0.2) is 22.9 Å². The third kappa shape index (κ3) is 5.68. The Balaban J connectivity index is 2.03. The normalized spacial score (nSPS) is 14.2. The highest BCUT2D eigenvalue weighted by atomic mass is 19.4. The van der Waals surface area contributed by atoms with Crippen molar-refractivity contribution in [2.24, 2.45) is 0 Å². The zero-order valence-electron chi connectivity index (χ0n) is 12.9. The summed E-state index contributed by atoms with van der Waals surface area (Å²) in [6.45, 7) is -0.195. The summed E-state index contributed by atoms with van der Waals surface area (Å²) in [6, 6.07) is 8.26. The Bertz CT molecular complexity index is 720. The first-order valence-corrected chi connectivity index (χ1v) is 7.37. The van der Waals surface area contributed by atoms with Gasteiger partial charge in [-0.3, -0.25) is 0 Å². The molecule has 0 aliphatic heterocycles. The van der Waals surface area contributed by atoms with Gasteiger partial charge < -0.3 is 15.5 Å². The van der Waals surface area contributed by atoms with Crippen LogP contribution in [-0.2, 0) is 0 Å². The van der Waals surface area contributed by atoms with Crippen molar-refractivity contribution in [2.45, 2.75) is 24.8 Å². The van der Waals surface area contributed by atoms with Gasteiger partial charge in [-0.25, -0.2) is 8.78 Å². The van der Waals surface area contributed by atoms with E-state index in [1.165, 1.54) is 24.3 Å². The molecule has 2 atom stereocenters. The van der Waals surface area contributed by atoms with Gasteiger partial charge in [-0.05, 0) is 35.9 Å². The van der Waals surface area contributed by atoms with Crippen LogP contribution in [0.25, 0.3) is 0 Å². The van der Waals surface area contributed by atoms with Gasteiger partial charge in [0.25, 0.3) is 0 Å². The minimum Gasteiger partial charge on any atom is -0.388 e. The first-order valence-electron chi connectivity index (χ1n) is 7.37. The molecular weight excluding hydrogens is 345 g/mol. The molecule has 8 heteroatoms. The molecule has 0 spiro atoms. The third-order valence-electron chi connectivity index (χ3n) is 3.51. The zero-order chi connectivity index (χ0) is 18.6. The minimum absolute atomic E-state index is 0.0498. The highest BCUT2D eigenvalue weighted by Gasteiger charge is 2.31. The summed E-state index contributed by atoms with van der Waals surface area (Å²) in [5.41, 5.74) is 0.143. The Hall–Kier alpha value is -2.19. The van der Waals surface area contributed by atoms with E-state index in [4.69, 9.17) is 0 Å². The molecule has 136 valence electrons. The number of hydrogen-bond donors (Lipinski definition) is 3. The second-order valence-electron chi connectivity index (χ2n) is 5.52.